The summed E-state index contributed by atoms with van der Waals surface area (Å²) in [7, 11) is 0. The first-order valence-electron chi connectivity index (χ1n) is 12.3. The Hall–Kier alpha value is -3.94. The van der Waals surface area contributed by atoms with E-state index in [2.05, 4.69) is 0 Å². The molecule has 8 heteroatoms. The number of para-hydroxylation sites is 2. The number of allylic oxidation sites excluding steroid dienone is 2. The van der Waals surface area contributed by atoms with Crippen LogP contribution in [-0.4, -0.2) is 36.8 Å². The predicted molar refractivity (Wildman–Crippen MR) is 133 cm³/mol. The van der Waals surface area contributed by atoms with E-state index in [0.717, 1.165) is 0 Å². The summed E-state index contributed by atoms with van der Waals surface area (Å²) < 4.78 is 11.2. The van der Waals surface area contributed by atoms with Crippen LogP contribution in [0.2, 0.25) is 0 Å². The van der Waals surface area contributed by atoms with Gasteiger partial charge in [-0.2, -0.15) is 0 Å². The van der Waals surface area contributed by atoms with E-state index in [1.165, 1.54) is 11.0 Å². The quantitative estimate of drug-likeness (QED) is 0.266. The summed E-state index contributed by atoms with van der Waals surface area (Å²) in [6.07, 6.45) is 4.50. The lowest BCUT2D eigenvalue weighted by Crippen LogP contribution is -2.31. The van der Waals surface area contributed by atoms with Crippen LogP contribution in [0.3, 0.4) is 0 Å². The number of carbonyl (C=O) groups excluding carboxylic acids is 4. The fourth-order valence-electron chi connectivity index (χ4n) is 5.34. The zero-order chi connectivity index (χ0) is 25.4. The number of anilines is 2. The van der Waals surface area contributed by atoms with Crippen molar-refractivity contribution in [1.82, 2.24) is 0 Å². The third-order valence-corrected chi connectivity index (χ3v) is 7.08. The molecule has 0 bridgehead atoms. The third kappa shape index (κ3) is 4.17. The Bertz CT molecular complexity index is 1250. The van der Waals surface area contributed by atoms with Gasteiger partial charge in [-0.3, -0.25) is 19.2 Å². The highest BCUT2D eigenvalue weighted by Gasteiger charge is 2.50. The van der Waals surface area contributed by atoms with Gasteiger partial charge in [0.25, 0.3) is 0 Å². The summed E-state index contributed by atoms with van der Waals surface area (Å²) in [6.45, 7) is 4.45. The lowest BCUT2D eigenvalue weighted by molar-refractivity contribution is -0.139. The van der Waals surface area contributed by atoms with Crippen LogP contribution in [0.15, 0.2) is 60.7 Å². The molecule has 0 radical (unpaired) electrons. The topological polar surface area (TPSA) is 93.2 Å². The van der Waals surface area contributed by atoms with Crippen molar-refractivity contribution in [2.24, 2.45) is 23.7 Å². The second kappa shape index (κ2) is 9.60. The maximum atomic E-state index is 13.1. The highest BCUT2D eigenvalue weighted by Crippen LogP contribution is 2.41. The second-order valence-corrected chi connectivity index (χ2v) is 9.39. The number of hydrogen-bond acceptors (Lipinski definition) is 6. The van der Waals surface area contributed by atoms with Gasteiger partial charge in [0.2, 0.25) is 17.7 Å². The minimum Gasteiger partial charge on any atom is -0.492 e. The lowest BCUT2D eigenvalue weighted by Gasteiger charge is -2.22. The van der Waals surface area contributed by atoms with Gasteiger partial charge in [0.1, 0.15) is 11.5 Å². The highest BCUT2D eigenvalue weighted by atomic mass is 16.5. The van der Waals surface area contributed by atoms with Crippen LogP contribution in [0, 0.1) is 23.7 Å². The van der Waals surface area contributed by atoms with E-state index in [-0.39, 0.29) is 54.2 Å². The third-order valence-electron chi connectivity index (χ3n) is 7.08. The van der Waals surface area contributed by atoms with Crippen molar-refractivity contribution in [2.75, 3.05) is 23.0 Å². The molecule has 3 amide bonds. The Morgan fingerprint density at radius 1 is 1.06 bits per heavy atom. The molecule has 0 N–H and O–H groups in total. The number of hydrogen-bond donors (Lipinski definition) is 0. The molecule has 2 fully saturated rings. The molecule has 2 aliphatic heterocycles. The first kappa shape index (κ1) is 23.8. The van der Waals surface area contributed by atoms with Crippen molar-refractivity contribution in [1.29, 1.82) is 0 Å². The molecule has 186 valence electrons. The van der Waals surface area contributed by atoms with Gasteiger partial charge in [0.05, 0.1) is 35.7 Å². The maximum absolute atomic E-state index is 13.1. The number of nitrogens with zero attached hydrogens (tertiary/aromatic N) is 2. The second-order valence-electron chi connectivity index (χ2n) is 9.39. The highest BCUT2D eigenvalue weighted by molar-refractivity contribution is 6.22. The van der Waals surface area contributed by atoms with Crippen molar-refractivity contribution in [3.63, 3.8) is 0 Å². The summed E-state index contributed by atoms with van der Waals surface area (Å²) in [5.41, 5.74) is 1.00. The number of imide groups is 1. The van der Waals surface area contributed by atoms with E-state index in [9.17, 15) is 19.2 Å². The largest absolute Gasteiger partial charge is 0.492 e. The number of benzene rings is 2. The van der Waals surface area contributed by atoms with E-state index < -0.39 is 11.9 Å². The van der Waals surface area contributed by atoms with E-state index in [0.29, 0.717) is 30.2 Å². The smallest absolute Gasteiger partial charge is 0.316 e. The average Bonchev–Trinajstić information content (AvgIpc) is 3.37. The summed E-state index contributed by atoms with van der Waals surface area (Å²) >= 11 is 0. The molecule has 0 spiro atoms. The number of fused-ring (bicyclic) bond motifs is 1. The number of ether oxygens (including phenoxy) is 2. The van der Waals surface area contributed by atoms with Crippen molar-refractivity contribution in [3.05, 3.63) is 60.7 Å². The van der Waals surface area contributed by atoms with Crippen LogP contribution in [-0.2, 0) is 19.2 Å². The number of esters is 1. The number of amides is 3. The zero-order valence-corrected chi connectivity index (χ0v) is 20.3. The molecule has 0 saturated carbocycles. The van der Waals surface area contributed by atoms with Crippen LogP contribution in [0.4, 0.5) is 11.4 Å². The molecule has 2 heterocycles. The van der Waals surface area contributed by atoms with Crippen molar-refractivity contribution in [2.45, 2.75) is 26.7 Å². The van der Waals surface area contributed by atoms with E-state index in [1.807, 2.05) is 38.1 Å². The predicted octanol–water partition coefficient (Wildman–Crippen LogP) is 3.75. The molecule has 1 aliphatic carbocycles. The number of carbonyl (C=O) groups is 4. The Labute approximate surface area is 209 Å². The van der Waals surface area contributed by atoms with E-state index >= 15 is 0 Å². The molecule has 3 aliphatic rings. The van der Waals surface area contributed by atoms with Crippen LogP contribution in [0.1, 0.15) is 26.7 Å². The Morgan fingerprint density at radius 2 is 1.86 bits per heavy atom. The normalized spacial score (nSPS) is 25.3. The summed E-state index contributed by atoms with van der Waals surface area (Å²) in [4.78, 5) is 54.6. The minimum atomic E-state index is -0.652. The monoisotopic (exact) mass is 488 g/mol. The summed E-state index contributed by atoms with van der Waals surface area (Å²) in [5, 5.41) is 0. The first-order chi connectivity index (χ1) is 17.4. The van der Waals surface area contributed by atoms with Gasteiger partial charge >= 0.3 is 5.97 Å². The first-order valence-corrected chi connectivity index (χ1v) is 12.3. The lowest BCUT2D eigenvalue weighted by atomic mass is 9.78. The molecular weight excluding hydrogens is 460 g/mol. The van der Waals surface area contributed by atoms with Crippen LogP contribution in [0.25, 0.3) is 0 Å². The fourth-order valence-corrected chi connectivity index (χ4v) is 5.34. The van der Waals surface area contributed by atoms with Gasteiger partial charge in [0.15, 0.2) is 0 Å². The molecular formula is C28H28N2O6. The fraction of sp³-hybridized carbons (Fsp3) is 0.357. The van der Waals surface area contributed by atoms with Gasteiger partial charge in [-0.15, -0.1) is 0 Å². The van der Waals surface area contributed by atoms with Gasteiger partial charge in [-0.25, -0.2) is 4.90 Å². The molecule has 5 rings (SSSR count). The van der Waals surface area contributed by atoms with Gasteiger partial charge in [-0.05, 0) is 43.5 Å². The van der Waals surface area contributed by atoms with Gasteiger partial charge in [0, 0.05) is 19.0 Å². The van der Waals surface area contributed by atoms with Crippen LogP contribution >= 0.6 is 0 Å². The number of rotatable bonds is 6. The molecule has 2 saturated heterocycles. The molecule has 36 heavy (non-hydrogen) atoms. The Balaban J connectivity index is 1.30. The van der Waals surface area contributed by atoms with E-state index in [4.69, 9.17) is 9.47 Å². The Morgan fingerprint density at radius 3 is 2.64 bits per heavy atom. The van der Waals surface area contributed by atoms with Crippen LogP contribution in [0.5, 0.6) is 11.5 Å². The van der Waals surface area contributed by atoms with Crippen molar-refractivity contribution < 1.29 is 28.7 Å². The molecule has 8 nitrogen and oxygen atoms in total. The average molecular weight is 489 g/mol. The molecule has 2 aromatic rings. The minimum absolute atomic E-state index is 0.0121. The molecule has 0 unspecified atom stereocenters. The van der Waals surface area contributed by atoms with Gasteiger partial charge < -0.3 is 14.4 Å². The zero-order valence-electron chi connectivity index (χ0n) is 20.3. The molecule has 0 aromatic heterocycles. The maximum Gasteiger partial charge on any atom is 0.316 e. The summed E-state index contributed by atoms with van der Waals surface area (Å²) in [5.74, 6) is -1.77. The molecule has 4 atom stereocenters. The summed E-state index contributed by atoms with van der Waals surface area (Å²) in [6, 6.07) is 13.7. The SMILES string of the molecule is CCOc1ccccc1N1C[C@H](C(=O)Oc2cccc(N3C(=O)[C@H]4[C@@H](C)C=CC[C@H]4C3=O)c2)CC1=O. The standard InChI is InChI=1S/C28H28N2O6/c1-3-35-23-13-5-4-12-22(23)29-16-18(14-24(29)31)28(34)36-20-10-7-9-19(15-20)30-26(32)21-11-6-8-17(2)25(21)27(30)33/h4-10,12-13,15,17-18,21,25H,3,11,14,16H2,1-2H3/t17-,18+,21+,25-/m0/s1. The van der Waals surface area contributed by atoms with E-state index in [1.54, 1.807) is 35.2 Å². The van der Waals surface area contributed by atoms with Crippen LogP contribution < -0.4 is 19.3 Å². The van der Waals surface area contributed by atoms with Crippen molar-refractivity contribution in [3.8, 4) is 11.5 Å². The van der Waals surface area contributed by atoms with Gasteiger partial charge in [-0.1, -0.05) is 37.3 Å². The van der Waals surface area contributed by atoms with Crippen molar-refractivity contribution >= 4 is 35.1 Å². The molecule has 2 aromatic carbocycles. The Kier molecular flexibility index (Phi) is 6.35.